The zero-order valence-electron chi connectivity index (χ0n) is 24.3. The van der Waals surface area contributed by atoms with Crippen molar-refractivity contribution in [2.75, 3.05) is 6.54 Å². The number of ketones is 2. The highest BCUT2D eigenvalue weighted by molar-refractivity contribution is 5.99. The summed E-state index contributed by atoms with van der Waals surface area (Å²) < 4.78 is 39.0. The van der Waals surface area contributed by atoms with Gasteiger partial charge >= 0.3 is 6.18 Å². The Kier molecular flexibility index (Phi) is 13.0. The van der Waals surface area contributed by atoms with Crippen LogP contribution in [0.2, 0.25) is 0 Å². The maximum atomic E-state index is 13.0. The highest BCUT2D eigenvalue weighted by atomic mass is 19.4. The highest BCUT2D eigenvalue weighted by Crippen LogP contribution is 2.25. The second-order valence-corrected chi connectivity index (χ2v) is 10.9. The molecule has 0 spiro atoms. The summed E-state index contributed by atoms with van der Waals surface area (Å²) in [7, 11) is 0. The normalized spacial score (nSPS) is 14.3. The molecule has 9 nitrogen and oxygen atoms in total. The summed E-state index contributed by atoms with van der Waals surface area (Å²) in [5, 5.41) is 14.1. The molecule has 0 bridgehead atoms. The summed E-state index contributed by atoms with van der Waals surface area (Å²) in [5.41, 5.74) is 7.36. The monoisotopic (exact) mass is 605 g/mol. The van der Waals surface area contributed by atoms with Crippen LogP contribution in [-0.2, 0) is 19.2 Å². The second-order valence-electron chi connectivity index (χ2n) is 10.9. The van der Waals surface area contributed by atoms with Gasteiger partial charge in [-0.2, -0.15) is 13.2 Å². The van der Waals surface area contributed by atoms with Crippen molar-refractivity contribution in [2.24, 2.45) is 23.5 Å². The summed E-state index contributed by atoms with van der Waals surface area (Å²) in [6.07, 6.45) is -9.54. The predicted molar refractivity (Wildman–Crippen MR) is 153 cm³/mol. The van der Waals surface area contributed by atoms with E-state index in [1.807, 2.05) is 47.8 Å². The van der Waals surface area contributed by atoms with Crippen LogP contribution in [0.3, 0.4) is 0 Å². The predicted octanol–water partition coefficient (Wildman–Crippen LogP) is 3.58. The van der Waals surface area contributed by atoms with Crippen molar-refractivity contribution < 1.29 is 42.3 Å². The first-order chi connectivity index (χ1) is 20.1. The van der Waals surface area contributed by atoms with Gasteiger partial charge in [0.2, 0.25) is 17.7 Å². The van der Waals surface area contributed by atoms with Crippen LogP contribution in [0.15, 0.2) is 54.6 Å². The first-order valence-corrected chi connectivity index (χ1v) is 13.9. The number of aliphatic hydroxyl groups excluding tert-OH is 1. The average molecular weight is 606 g/mol. The van der Waals surface area contributed by atoms with E-state index in [4.69, 9.17) is 5.73 Å². The van der Waals surface area contributed by atoms with Crippen LogP contribution in [0, 0.1) is 17.8 Å². The summed E-state index contributed by atoms with van der Waals surface area (Å²) >= 11 is 0. The number of hydrogen-bond acceptors (Lipinski definition) is 6. The van der Waals surface area contributed by atoms with Gasteiger partial charge in [-0.25, -0.2) is 0 Å². The number of amides is 3. The molecule has 234 valence electrons. The highest BCUT2D eigenvalue weighted by Gasteiger charge is 2.44. The third kappa shape index (κ3) is 11.3. The van der Waals surface area contributed by atoms with Crippen molar-refractivity contribution in [1.82, 2.24) is 10.6 Å². The number of nitrogens with two attached hydrogens (primary N) is 1. The summed E-state index contributed by atoms with van der Waals surface area (Å²) in [6, 6.07) is 14.8. The number of Topliss-reactive ketones (excluding diaryl/α,β-unsaturated/α-hetero) is 2. The van der Waals surface area contributed by atoms with Gasteiger partial charge in [-0.15, -0.1) is 0 Å². The maximum absolute atomic E-state index is 13.0. The van der Waals surface area contributed by atoms with Crippen molar-refractivity contribution in [3.8, 4) is 11.1 Å². The van der Waals surface area contributed by atoms with Crippen molar-refractivity contribution in [1.29, 1.82) is 0 Å². The fraction of sp³-hybridized carbons (Fsp3) is 0.452. The number of hydrogen-bond donors (Lipinski definition) is 4. The van der Waals surface area contributed by atoms with E-state index in [9.17, 15) is 42.3 Å². The molecule has 0 saturated heterocycles. The summed E-state index contributed by atoms with van der Waals surface area (Å²) in [4.78, 5) is 61.8. The molecule has 2 aromatic rings. The van der Waals surface area contributed by atoms with Crippen LogP contribution in [0.25, 0.3) is 11.1 Å². The molecule has 43 heavy (non-hydrogen) atoms. The second kappa shape index (κ2) is 16.0. The smallest absolute Gasteiger partial charge is 0.382 e. The number of alkyl halides is 3. The van der Waals surface area contributed by atoms with E-state index in [1.54, 1.807) is 26.0 Å². The Bertz CT molecular complexity index is 1270. The molecule has 2 rings (SSSR count). The number of aliphatic hydroxyl groups is 1. The van der Waals surface area contributed by atoms with Gasteiger partial charge in [0.25, 0.3) is 0 Å². The first-order valence-electron chi connectivity index (χ1n) is 13.9. The van der Waals surface area contributed by atoms with E-state index in [2.05, 4.69) is 5.32 Å². The minimum absolute atomic E-state index is 0.0879. The Balaban J connectivity index is 1.92. The lowest BCUT2D eigenvalue weighted by Crippen LogP contribution is -2.51. The molecule has 0 fully saturated rings. The lowest BCUT2D eigenvalue weighted by molar-refractivity contribution is -0.213. The molecule has 0 aliphatic heterocycles. The van der Waals surface area contributed by atoms with Crippen LogP contribution in [0.4, 0.5) is 13.2 Å². The van der Waals surface area contributed by atoms with Gasteiger partial charge in [-0.1, -0.05) is 75.4 Å². The lowest BCUT2D eigenvalue weighted by atomic mass is 9.87. The lowest BCUT2D eigenvalue weighted by Gasteiger charge is -2.26. The third-order valence-corrected chi connectivity index (χ3v) is 7.05. The number of primary amides is 1. The van der Waals surface area contributed by atoms with Crippen LogP contribution in [-0.4, -0.2) is 59.3 Å². The Hall–Kier alpha value is -4.06. The number of carbonyl (C=O) groups is 5. The first kappa shape index (κ1) is 35.1. The maximum Gasteiger partial charge on any atom is 0.416 e. The fourth-order valence-corrected chi connectivity index (χ4v) is 4.41. The van der Waals surface area contributed by atoms with E-state index in [1.165, 1.54) is 6.92 Å². The minimum Gasteiger partial charge on any atom is -0.382 e. The summed E-state index contributed by atoms with van der Waals surface area (Å²) in [5.74, 6) is -5.23. The fourth-order valence-electron chi connectivity index (χ4n) is 4.41. The molecule has 0 aliphatic rings. The number of halogens is 3. The van der Waals surface area contributed by atoms with Crippen LogP contribution < -0.4 is 16.4 Å². The van der Waals surface area contributed by atoms with Crippen molar-refractivity contribution in [3.63, 3.8) is 0 Å². The largest absolute Gasteiger partial charge is 0.416 e. The average Bonchev–Trinajstić information content (AvgIpc) is 2.95. The quantitative estimate of drug-likeness (QED) is 0.214. The van der Waals surface area contributed by atoms with Gasteiger partial charge in [0.1, 0.15) is 0 Å². The van der Waals surface area contributed by atoms with Crippen molar-refractivity contribution in [3.05, 3.63) is 60.2 Å². The molecule has 12 heteroatoms. The molecule has 0 saturated carbocycles. The molecule has 0 aliphatic carbocycles. The number of benzene rings is 2. The molecule has 5 N–H and O–H groups in total. The van der Waals surface area contributed by atoms with E-state index in [0.29, 0.717) is 5.56 Å². The molecule has 0 aromatic heterocycles. The number of nitrogens with one attached hydrogen (secondary N) is 2. The molecule has 0 heterocycles. The van der Waals surface area contributed by atoms with Crippen LogP contribution in [0.1, 0.15) is 56.8 Å². The van der Waals surface area contributed by atoms with Gasteiger partial charge < -0.3 is 21.5 Å². The number of rotatable bonds is 16. The van der Waals surface area contributed by atoms with E-state index < -0.39 is 79.5 Å². The van der Waals surface area contributed by atoms with Gasteiger partial charge in [0.15, 0.2) is 17.7 Å². The van der Waals surface area contributed by atoms with Gasteiger partial charge in [-0.05, 0) is 23.5 Å². The van der Waals surface area contributed by atoms with Crippen molar-refractivity contribution >= 4 is 29.3 Å². The molecule has 2 unspecified atom stereocenters. The third-order valence-electron chi connectivity index (χ3n) is 7.05. The SMILES string of the molecule is CC(C)[C@H](CC(=O)c1ccc(-c2ccccc2)cc1)C(=O)NCC(=O)C[C@@H](C)C(=O)NC(CCC(N)=O)C(O)C(F)(F)F. The zero-order chi connectivity index (χ0) is 32.3. The van der Waals surface area contributed by atoms with Crippen LogP contribution in [0.5, 0.6) is 0 Å². The van der Waals surface area contributed by atoms with Crippen LogP contribution >= 0.6 is 0 Å². The standard InChI is InChI=1S/C31H38F3N3O6/c1-18(2)24(16-26(39)22-11-9-21(10-12-22)20-7-5-4-6-8-20)30(43)36-17-23(38)15-19(3)29(42)37-25(13-14-27(35)40)28(41)31(32,33)34/h4-12,18-19,24-25,28,41H,13-17H2,1-3H3,(H2,35,40)(H,36,43)(H,37,42)/t19-,24+,25?,28?/m1/s1. The van der Waals surface area contributed by atoms with Gasteiger partial charge in [0, 0.05) is 36.7 Å². The Morgan fingerprint density at radius 3 is 1.98 bits per heavy atom. The van der Waals surface area contributed by atoms with Gasteiger partial charge in [-0.3, -0.25) is 24.0 Å². The zero-order valence-corrected chi connectivity index (χ0v) is 24.3. The molecule has 4 atom stereocenters. The topological polar surface area (TPSA) is 156 Å². The Morgan fingerprint density at radius 2 is 1.44 bits per heavy atom. The van der Waals surface area contributed by atoms with E-state index >= 15 is 0 Å². The Labute approximate surface area is 248 Å². The molecule has 0 radical (unpaired) electrons. The minimum atomic E-state index is -5.06. The number of carbonyl (C=O) groups excluding carboxylic acids is 5. The summed E-state index contributed by atoms with van der Waals surface area (Å²) in [6.45, 7) is 4.40. The molecule has 3 amide bonds. The molecular weight excluding hydrogens is 567 g/mol. The Morgan fingerprint density at radius 1 is 0.860 bits per heavy atom. The van der Waals surface area contributed by atoms with Crippen molar-refractivity contribution in [2.45, 2.75) is 64.8 Å². The van der Waals surface area contributed by atoms with E-state index in [0.717, 1.165) is 11.1 Å². The molecule has 2 aromatic carbocycles. The van der Waals surface area contributed by atoms with E-state index in [-0.39, 0.29) is 18.1 Å². The molecular formula is C31H38F3N3O6. The van der Waals surface area contributed by atoms with Gasteiger partial charge in [0.05, 0.1) is 12.6 Å².